The Morgan fingerprint density at radius 2 is 2.04 bits per heavy atom. The fraction of sp³-hybridized carbons (Fsp3) is 0.579. The monoisotopic (exact) mass is 405 g/mol. The molecule has 8 nitrogen and oxygen atoms in total. The Morgan fingerprint density at radius 1 is 1.25 bits per heavy atom. The fourth-order valence-corrected chi connectivity index (χ4v) is 3.58. The normalized spacial score (nSPS) is 21.1. The molecule has 4 N–H and O–H groups in total. The Labute approximate surface area is 168 Å². The Morgan fingerprint density at radius 3 is 2.64 bits per heavy atom. The number of carbonyl (C=O) groups excluding carboxylic acids is 3. The van der Waals surface area contributed by atoms with Crippen molar-refractivity contribution in [2.45, 2.75) is 50.6 Å². The number of hydrogen-bond acceptors (Lipinski definition) is 4. The van der Waals surface area contributed by atoms with E-state index in [0.717, 1.165) is 19.3 Å². The molecule has 3 atom stereocenters. The lowest BCUT2D eigenvalue weighted by Gasteiger charge is -2.25. The lowest BCUT2D eigenvalue weighted by atomic mass is 9.92. The van der Waals surface area contributed by atoms with Crippen LogP contribution in [0.25, 0.3) is 0 Å². The van der Waals surface area contributed by atoms with Gasteiger partial charge in [-0.15, -0.1) is 0 Å². The third-order valence-electron chi connectivity index (χ3n) is 5.17. The van der Waals surface area contributed by atoms with Crippen LogP contribution >= 0.6 is 11.6 Å². The molecule has 1 saturated carbocycles. The van der Waals surface area contributed by atoms with Crippen LogP contribution < -0.4 is 16.0 Å². The van der Waals surface area contributed by atoms with Crippen LogP contribution in [-0.2, 0) is 9.59 Å². The van der Waals surface area contributed by atoms with Crippen molar-refractivity contribution in [1.29, 1.82) is 5.26 Å². The number of nitrogens with zero attached hydrogens (tertiary/aromatic N) is 1. The number of hydrogen-bond donors (Lipinski definition) is 4. The Balaban J connectivity index is 1.60. The van der Waals surface area contributed by atoms with Gasteiger partial charge < -0.3 is 20.9 Å². The van der Waals surface area contributed by atoms with Crippen molar-refractivity contribution in [3.63, 3.8) is 0 Å². The van der Waals surface area contributed by atoms with Crippen LogP contribution in [0.5, 0.6) is 0 Å². The molecule has 1 saturated heterocycles. The van der Waals surface area contributed by atoms with E-state index in [0.29, 0.717) is 30.5 Å². The quantitative estimate of drug-likeness (QED) is 0.522. The molecule has 0 spiro atoms. The van der Waals surface area contributed by atoms with Crippen LogP contribution in [0.3, 0.4) is 0 Å². The summed E-state index contributed by atoms with van der Waals surface area (Å²) in [5.41, 5.74) is 0.273. The minimum Gasteiger partial charge on any atom is -0.356 e. The molecule has 2 heterocycles. The molecule has 2 aliphatic rings. The van der Waals surface area contributed by atoms with E-state index in [1.807, 2.05) is 0 Å². The van der Waals surface area contributed by atoms with E-state index < -0.39 is 23.9 Å². The minimum atomic E-state index is -0.778. The molecule has 28 heavy (non-hydrogen) atoms. The first-order valence-electron chi connectivity index (χ1n) is 9.59. The van der Waals surface area contributed by atoms with E-state index >= 15 is 0 Å². The van der Waals surface area contributed by atoms with Gasteiger partial charge in [0.15, 0.2) is 0 Å². The number of rotatable bonds is 8. The molecule has 0 aromatic carbocycles. The molecule has 9 heteroatoms. The van der Waals surface area contributed by atoms with Crippen molar-refractivity contribution in [1.82, 2.24) is 20.9 Å². The van der Waals surface area contributed by atoms with Crippen molar-refractivity contribution in [2.24, 2.45) is 11.8 Å². The SMILES string of the molecule is N#C[C@H](C[C@@H]1CCCNC1=O)NC(=O)[C@H](CC1CC1)NC(=O)c1ccc(Cl)[nH]1. The molecule has 3 amide bonds. The van der Waals surface area contributed by atoms with E-state index in [4.69, 9.17) is 11.6 Å². The first-order valence-corrected chi connectivity index (χ1v) is 9.97. The highest BCUT2D eigenvalue weighted by molar-refractivity contribution is 6.29. The molecule has 1 aromatic rings. The number of aromatic amines is 1. The number of halogens is 1. The van der Waals surface area contributed by atoms with Crippen LogP contribution in [0.4, 0.5) is 0 Å². The molecule has 0 bridgehead atoms. The number of carbonyl (C=O) groups is 3. The lowest BCUT2D eigenvalue weighted by molar-refractivity contribution is -0.128. The van der Waals surface area contributed by atoms with E-state index in [-0.39, 0.29) is 23.9 Å². The van der Waals surface area contributed by atoms with E-state index in [1.54, 1.807) is 12.1 Å². The number of nitrogens with one attached hydrogen (secondary N) is 4. The molecule has 2 fully saturated rings. The van der Waals surface area contributed by atoms with Gasteiger partial charge in [0.05, 0.1) is 6.07 Å². The lowest BCUT2D eigenvalue weighted by Crippen LogP contribution is -2.50. The Kier molecular flexibility index (Phi) is 6.57. The van der Waals surface area contributed by atoms with Gasteiger partial charge in [0.2, 0.25) is 11.8 Å². The molecule has 0 unspecified atom stereocenters. The summed E-state index contributed by atoms with van der Waals surface area (Å²) in [6.07, 6.45) is 4.41. The van der Waals surface area contributed by atoms with Gasteiger partial charge in [0.1, 0.15) is 22.9 Å². The summed E-state index contributed by atoms with van der Waals surface area (Å²) in [4.78, 5) is 39.8. The van der Waals surface area contributed by atoms with E-state index in [1.165, 1.54) is 0 Å². The highest BCUT2D eigenvalue weighted by atomic mass is 35.5. The molecule has 1 aliphatic carbocycles. The average Bonchev–Trinajstić information content (AvgIpc) is 3.39. The Hall–Kier alpha value is -2.53. The van der Waals surface area contributed by atoms with Crippen LogP contribution in [0.1, 0.15) is 49.0 Å². The second kappa shape index (κ2) is 9.11. The molecule has 1 aliphatic heterocycles. The van der Waals surface area contributed by atoms with Gasteiger partial charge in [-0.3, -0.25) is 14.4 Å². The largest absolute Gasteiger partial charge is 0.356 e. The second-order valence-corrected chi connectivity index (χ2v) is 7.89. The van der Waals surface area contributed by atoms with Crippen molar-refractivity contribution < 1.29 is 14.4 Å². The Bertz CT molecular complexity index is 783. The van der Waals surface area contributed by atoms with Crippen LogP contribution in [-0.4, -0.2) is 41.3 Å². The van der Waals surface area contributed by atoms with Gasteiger partial charge in [0, 0.05) is 12.5 Å². The maximum absolute atomic E-state index is 12.8. The topological polar surface area (TPSA) is 127 Å². The van der Waals surface area contributed by atoms with E-state index in [9.17, 15) is 19.6 Å². The molecular weight excluding hydrogens is 382 g/mol. The average molecular weight is 406 g/mol. The maximum Gasteiger partial charge on any atom is 0.268 e. The van der Waals surface area contributed by atoms with Crippen molar-refractivity contribution in [3.8, 4) is 6.07 Å². The van der Waals surface area contributed by atoms with Gasteiger partial charge in [-0.05, 0) is 43.7 Å². The summed E-state index contributed by atoms with van der Waals surface area (Å²) < 4.78 is 0. The minimum absolute atomic E-state index is 0.0767. The smallest absolute Gasteiger partial charge is 0.268 e. The summed E-state index contributed by atoms with van der Waals surface area (Å²) in [5, 5.41) is 18.0. The highest BCUT2D eigenvalue weighted by Gasteiger charge is 2.33. The molecule has 150 valence electrons. The second-order valence-electron chi connectivity index (χ2n) is 7.48. The highest BCUT2D eigenvalue weighted by Crippen LogP contribution is 2.33. The predicted octanol–water partition coefficient (Wildman–Crippen LogP) is 1.49. The van der Waals surface area contributed by atoms with Crippen molar-refractivity contribution in [2.75, 3.05) is 6.54 Å². The van der Waals surface area contributed by atoms with Gasteiger partial charge in [-0.2, -0.15) is 5.26 Å². The number of nitriles is 1. The standard InChI is InChI=1S/C19H24ClN5O3/c20-16-6-5-14(24-16)18(27)25-15(8-11-3-4-11)19(28)23-13(10-21)9-12-2-1-7-22-17(12)26/h5-6,11-13,15,24H,1-4,7-9H2,(H,22,26)(H,23,28)(H,25,27)/t12-,13-,15-/m0/s1. The number of amides is 3. The molecule has 0 radical (unpaired) electrons. The molecule has 1 aromatic heterocycles. The van der Waals surface area contributed by atoms with Crippen LogP contribution in [0.2, 0.25) is 5.15 Å². The predicted molar refractivity (Wildman–Crippen MR) is 102 cm³/mol. The van der Waals surface area contributed by atoms with Crippen molar-refractivity contribution >= 4 is 29.3 Å². The summed E-state index contributed by atoms with van der Waals surface area (Å²) in [7, 11) is 0. The third-order valence-corrected chi connectivity index (χ3v) is 5.40. The zero-order chi connectivity index (χ0) is 20.1. The van der Waals surface area contributed by atoms with Crippen LogP contribution in [0, 0.1) is 23.2 Å². The van der Waals surface area contributed by atoms with Gasteiger partial charge in [0.25, 0.3) is 5.91 Å². The van der Waals surface area contributed by atoms with Crippen LogP contribution in [0.15, 0.2) is 12.1 Å². The van der Waals surface area contributed by atoms with Crippen molar-refractivity contribution in [3.05, 3.63) is 23.0 Å². The molecular formula is C19H24ClN5O3. The fourth-order valence-electron chi connectivity index (χ4n) is 3.42. The number of H-pyrrole nitrogens is 1. The van der Waals surface area contributed by atoms with Gasteiger partial charge in [-0.25, -0.2) is 0 Å². The summed E-state index contributed by atoms with van der Waals surface area (Å²) in [5.74, 6) is -0.787. The van der Waals surface area contributed by atoms with Gasteiger partial charge >= 0.3 is 0 Å². The third kappa shape index (κ3) is 5.49. The summed E-state index contributed by atoms with van der Waals surface area (Å²) in [6.45, 7) is 0.650. The zero-order valence-electron chi connectivity index (χ0n) is 15.5. The number of aromatic nitrogens is 1. The first-order chi connectivity index (χ1) is 13.5. The number of piperidine rings is 1. The van der Waals surface area contributed by atoms with E-state index in [2.05, 4.69) is 27.0 Å². The summed E-state index contributed by atoms with van der Waals surface area (Å²) in [6, 6.07) is 3.66. The zero-order valence-corrected chi connectivity index (χ0v) is 16.2. The summed E-state index contributed by atoms with van der Waals surface area (Å²) >= 11 is 5.81. The van der Waals surface area contributed by atoms with Gasteiger partial charge in [-0.1, -0.05) is 24.4 Å². The first kappa shape index (κ1) is 20.2. The molecule has 3 rings (SSSR count). The maximum atomic E-state index is 12.8.